The molecule has 0 aliphatic heterocycles. The quantitative estimate of drug-likeness (QED) is 0.575. The maximum absolute atomic E-state index is 13.7. The van der Waals surface area contributed by atoms with Gasteiger partial charge in [0.15, 0.2) is 5.65 Å². The number of nitrogens with zero attached hydrogens (tertiary/aromatic N) is 3. The summed E-state index contributed by atoms with van der Waals surface area (Å²) in [6, 6.07) is 4.34. The number of pyridine rings is 1. The summed E-state index contributed by atoms with van der Waals surface area (Å²) in [6.07, 6.45) is 0.992. The number of halogens is 3. The largest absolute Gasteiger partial charge is 0.382 e. The van der Waals surface area contributed by atoms with Crippen molar-refractivity contribution in [3.05, 3.63) is 59.2 Å². The van der Waals surface area contributed by atoms with E-state index in [9.17, 15) is 13.2 Å². The molecule has 0 atom stereocenters. The van der Waals surface area contributed by atoms with Crippen molar-refractivity contribution >= 4 is 16.9 Å². The Balaban J connectivity index is 2.13. The topological polar surface area (TPSA) is 80.6 Å². The second-order valence-electron chi connectivity index (χ2n) is 4.68. The Kier molecular flexibility index (Phi) is 3.28. The molecule has 22 heavy (non-hydrogen) atoms. The van der Waals surface area contributed by atoms with Crippen LogP contribution in [0.1, 0.15) is 11.3 Å². The van der Waals surface area contributed by atoms with Crippen LogP contribution in [0.15, 0.2) is 30.5 Å². The van der Waals surface area contributed by atoms with E-state index in [0.717, 1.165) is 24.4 Å². The average molecular weight is 305 g/mol. The van der Waals surface area contributed by atoms with Crippen LogP contribution in [0.2, 0.25) is 0 Å². The fourth-order valence-electron chi connectivity index (χ4n) is 2.15. The molecular weight excluding hydrogens is 295 g/mol. The van der Waals surface area contributed by atoms with Crippen molar-refractivity contribution in [2.45, 2.75) is 6.54 Å². The second kappa shape index (κ2) is 5.14. The molecule has 0 fully saturated rings. The van der Waals surface area contributed by atoms with Crippen LogP contribution in [0, 0.1) is 22.9 Å². The van der Waals surface area contributed by atoms with E-state index in [4.69, 9.17) is 11.1 Å². The first-order valence-electron chi connectivity index (χ1n) is 6.26. The highest BCUT2D eigenvalue weighted by Crippen LogP contribution is 2.19. The predicted molar refractivity (Wildman–Crippen MR) is 74.0 cm³/mol. The normalized spacial score (nSPS) is 11.0. The first-order valence-corrected chi connectivity index (χ1v) is 6.26. The third-order valence-electron chi connectivity index (χ3n) is 3.14. The van der Waals surface area contributed by atoms with Crippen LogP contribution in [0.5, 0.6) is 0 Å². The maximum atomic E-state index is 13.7. The number of hydrogen-bond acceptors (Lipinski definition) is 3. The van der Waals surface area contributed by atoms with Crippen molar-refractivity contribution in [3.8, 4) is 0 Å². The van der Waals surface area contributed by atoms with E-state index in [1.165, 1.54) is 10.7 Å². The van der Waals surface area contributed by atoms with Crippen LogP contribution in [-0.2, 0) is 6.54 Å². The number of aromatic nitrogens is 3. The lowest BCUT2D eigenvalue weighted by atomic mass is 10.2. The molecule has 3 rings (SSSR count). The predicted octanol–water partition coefficient (Wildman–Crippen LogP) is 2.18. The molecule has 2 aromatic heterocycles. The highest BCUT2D eigenvalue weighted by molar-refractivity contribution is 6.04. The number of nitrogen functional groups attached to an aromatic ring is 1. The number of fused-ring (bicyclic) bond motifs is 1. The molecule has 112 valence electrons. The Hall–Kier alpha value is -2.90. The molecule has 0 aliphatic rings. The standard InChI is InChI=1S/C14H10F3N5/c15-8-2-1-7(11(17)4-8)6-22-14-10(3-9(16)5-20-14)12(21-22)13(18)19/h1-5H,6H2,(H3,18,19). The Morgan fingerprint density at radius 1 is 1.18 bits per heavy atom. The lowest BCUT2D eigenvalue weighted by Crippen LogP contribution is -2.13. The highest BCUT2D eigenvalue weighted by atomic mass is 19.1. The molecule has 0 bridgehead atoms. The van der Waals surface area contributed by atoms with Gasteiger partial charge >= 0.3 is 0 Å². The van der Waals surface area contributed by atoms with Gasteiger partial charge in [-0.1, -0.05) is 6.07 Å². The number of rotatable bonds is 3. The van der Waals surface area contributed by atoms with Crippen molar-refractivity contribution in [2.75, 3.05) is 0 Å². The monoisotopic (exact) mass is 305 g/mol. The van der Waals surface area contributed by atoms with Crippen LogP contribution in [0.4, 0.5) is 13.2 Å². The van der Waals surface area contributed by atoms with Crippen LogP contribution in [-0.4, -0.2) is 20.6 Å². The molecule has 0 amide bonds. The van der Waals surface area contributed by atoms with E-state index in [1.807, 2.05) is 0 Å². The van der Waals surface area contributed by atoms with Crippen LogP contribution in [0.3, 0.4) is 0 Å². The summed E-state index contributed by atoms with van der Waals surface area (Å²) < 4.78 is 41.3. The van der Waals surface area contributed by atoms with Crippen molar-refractivity contribution in [2.24, 2.45) is 5.73 Å². The summed E-state index contributed by atoms with van der Waals surface area (Å²) in [6.45, 7) is -0.0471. The Morgan fingerprint density at radius 2 is 1.95 bits per heavy atom. The number of hydrogen-bond donors (Lipinski definition) is 2. The SMILES string of the molecule is N=C(N)c1nn(Cc2ccc(F)cc2F)c2ncc(F)cc12. The van der Waals surface area contributed by atoms with Crippen molar-refractivity contribution in [3.63, 3.8) is 0 Å². The fraction of sp³-hybridized carbons (Fsp3) is 0.0714. The molecule has 0 saturated carbocycles. The van der Waals surface area contributed by atoms with Crippen molar-refractivity contribution < 1.29 is 13.2 Å². The summed E-state index contributed by atoms with van der Waals surface area (Å²) >= 11 is 0. The maximum Gasteiger partial charge on any atom is 0.159 e. The minimum atomic E-state index is -0.727. The van der Waals surface area contributed by atoms with Gasteiger partial charge in [0.25, 0.3) is 0 Å². The Labute approximate surface area is 122 Å². The van der Waals surface area contributed by atoms with Gasteiger partial charge in [-0.15, -0.1) is 0 Å². The summed E-state index contributed by atoms with van der Waals surface area (Å²) in [7, 11) is 0. The molecule has 0 radical (unpaired) electrons. The van der Waals surface area contributed by atoms with Gasteiger partial charge in [-0.2, -0.15) is 5.10 Å². The van der Waals surface area contributed by atoms with Gasteiger partial charge in [0.2, 0.25) is 0 Å². The zero-order chi connectivity index (χ0) is 15.9. The van der Waals surface area contributed by atoms with E-state index < -0.39 is 17.5 Å². The molecule has 0 saturated heterocycles. The van der Waals surface area contributed by atoms with Gasteiger partial charge in [-0.05, 0) is 12.1 Å². The highest BCUT2D eigenvalue weighted by Gasteiger charge is 2.16. The smallest absolute Gasteiger partial charge is 0.159 e. The summed E-state index contributed by atoms with van der Waals surface area (Å²) in [5.41, 5.74) is 5.93. The molecular formula is C14H10F3N5. The molecule has 3 aromatic rings. The molecule has 0 aliphatic carbocycles. The van der Waals surface area contributed by atoms with Gasteiger partial charge in [-0.3, -0.25) is 5.41 Å². The lowest BCUT2D eigenvalue weighted by Gasteiger charge is -2.04. The number of nitrogens with one attached hydrogen (secondary N) is 1. The van der Waals surface area contributed by atoms with E-state index in [1.54, 1.807) is 0 Å². The van der Waals surface area contributed by atoms with Gasteiger partial charge in [0.05, 0.1) is 18.1 Å². The van der Waals surface area contributed by atoms with E-state index >= 15 is 0 Å². The Bertz CT molecular complexity index is 888. The molecule has 0 spiro atoms. The van der Waals surface area contributed by atoms with Crippen molar-refractivity contribution in [1.82, 2.24) is 14.8 Å². The number of amidine groups is 1. The second-order valence-corrected chi connectivity index (χ2v) is 4.68. The average Bonchev–Trinajstić information content (AvgIpc) is 2.80. The minimum Gasteiger partial charge on any atom is -0.382 e. The first kappa shape index (κ1) is 14.1. The number of nitrogens with two attached hydrogens (primary N) is 1. The summed E-state index contributed by atoms with van der Waals surface area (Å²) in [5.74, 6) is -2.36. The molecule has 8 heteroatoms. The van der Waals surface area contributed by atoms with E-state index in [2.05, 4.69) is 10.1 Å². The molecule has 0 unspecified atom stereocenters. The summed E-state index contributed by atoms with van der Waals surface area (Å²) in [5, 5.41) is 11.8. The lowest BCUT2D eigenvalue weighted by molar-refractivity contribution is 0.560. The molecule has 1 aromatic carbocycles. The summed E-state index contributed by atoms with van der Waals surface area (Å²) in [4.78, 5) is 3.90. The molecule has 5 nitrogen and oxygen atoms in total. The zero-order valence-electron chi connectivity index (χ0n) is 11.1. The molecule has 3 N–H and O–H groups in total. The minimum absolute atomic E-state index is 0.0471. The third-order valence-corrected chi connectivity index (χ3v) is 3.14. The zero-order valence-corrected chi connectivity index (χ0v) is 11.1. The van der Waals surface area contributed by atoms with Crippen LogP contribution in [0.25, 0.3) is 11.0 Å². The van der Waals surface area contributed by atoms with Gasteiger partial charge in [0, 0.05) is 11.6 Å². The van der Waals surface area contributed by atoms with Crippen LogP contribution >= 0.6 is 0 Å². The molecule has 2 heterocycles. The van der Waals surface area contributed by atoms with Gasteiger partial charge < -0.3 is 5.73 Å². The van der Waals surface area contributed by atoms with Gasteiger partial charge in [-0.25, -0.2) is 22.8 Å². The Morgan fingerprint density at radius 3 is 2.64 bits per heavy atom. The first-order chi connectivity index (χ1) is 10.5. The van der Waals surface area contributed by atoms with Crippen molar-refractivity contribution in [1.29, 1.82) is 5.41 Å². The van der Waals surface area contributed by atoms with E-state index in [-0.39, 0.29) is 34.7 Å². The third kappa shape index (κ3) is 2.39. The van der Waals surface area contributed by atoms with Crippen LogP contribution < -0.4 is 5.73 Å². The fourth-order valence-corrected chi connectivity index (χ4v) is 2.15. The van der Waals surface area contributed by atoms with E-state index in [0.29, 0.717) is 0 Å². The number of benzene rings is 1. The van der Waals surface area contributed by atoms with Gasteiger partial charge in [0.1, 0.15) is 29.0 Å².